The third kappa shape index (κ3) is 2.59. The molecule has 1 aliphatic heterocycles. The van der Waals surface area contributed by atoms with Crippen molar-refractivity contribution in [2.45, 2.75) is 18.9 Å². The average Bonchev–Trinajstić information content (AvgIpc) is 2.33. The van der Waals surface area contributed by atoms with Crippen molar-refractivity contribution >= 4 is 28.9 Å². The van der Waals surface area contributed by atoms with Crippen LogP contribution in [0.15, 0.2) is 12.3 Å². The maximum atomic E-state index is 5.97. The van der Waals surface area contributed by atoms with E-state index in [1.54, 1.807) is 6.20 Å². The number of halogens is 2. The number of hydrogen-bond acceptors (Lipinski definition) is 3. The Hall–Kier alpha value is -0.510. The summed E-state index contributed by atoms with van der Waals surface area (Å²) in [5.41, 5.74) is 1.05. The molecule has 0 bridgehead atoms. The van der Waals surface area contributed by atoms with Gasteiger partial charge in [0.1, 0.15) is 5.15 Å². The van der Waals surface area contributed by atoms with E-state index in [0.29, 0.717) is 16.2 Å². The van der Waals surface area contributed by atoms with E-state index in [4.69, 9.17) is 23.2 Å². The minimum Gasteiger partial charge on any atom is -0.369 e. The number of hydrogen-bond donors (Lipinski definition) is 1. The fraction of sp³-hybridized carbons (Fsp3) is 0.545. The van der Waals surface area contributed by atoms with E-state index in [0.717, 1.165) is 18.8 Å². The Morgan fingerprint density at radius 3 is 3.00 bits per heavy atom. The standard InChI is InChI=1S/C11H15Cl2N3/c1-14-8-3-2-4-16(7-8)9-5-10(12)11(13)15-6-9/h5-6,8,14H,2-4,7H2,1H3/t8-/m0/s1. The number of pyridine rings is 1. The number of aromatic nitrogens is 1. The largest absolute Gasteiger partial charge is 0.369 e. The first-order valence-electron chi connectivity index (χ1n) is 5.44. The molecule has 1 saturated heterocycles. The van der Waals surface area contributed by atoms with Gasteiger partial charge in [0.05, 0.1) is 16.9 Å². The van der Waals surface area contributed by atoms with Gasteiger partial charge in [0.15, 0.2) is 0 Å². The Labute approximate surface area is 106 Å². The van der Waals surface area contributed by atoms with Gasteiger partial charge in [0.25, 0.3) is 0 Å². The second-order valence-corrected chi connectivity index (χ2v) is 4.81. The van der Waals surface area contributed by atoms with Gasteiger partial charge >= 0.3 is 0 Å². The molecule has 88 valence electrons. The van der Waals surface area contributed by atoms with Crippen molar-refractivity contribution in [3.8, 4) is 0 Å². The van der Waals surface area contributed by atoms with Gasteiger partial charge in [-0.1, -0.05) is 23.2 Å². The molecule has 2 rings (SSSR count). The van der Waals surface area contributed by atoms with Crippen LogP contribution in [0.4, 0.5) is 5.69 Å². The highest BCUT2D eigenvalue weighted by molar-refractivity contribution is 6.41. The lowest BCUT2D eigenvalue weighted by molar-refractivity contribution is 0.449. The lowest BCUT2D eigenvalue weighted by Gasteiger charge is -2.34. The van der Waals surface area contributed by atoms with Gasteiger partial charge in [-0.05, 0) is 26.0 Å². The summed E-state index contributed by atoms with van der Waals surface area (Å²) in [6, 6.07) is 2.43. The Morgan fingerprint density at radius 2 is 2.31 bits per heavy atom. The monoisotopic (exact) mass is 259 g/mol. The van der Waals surface area contributed by atoms with Crippen molar-refractivity contribution in [2.24, 2.45) is 0 Å². The van der Waals surface area contributed by atoms with E-state index < -0.39 is 0 Å². The molecule has 0 amide bonds. The number of likely N-dealkylation sites (N-methyl/N-ethyl adjacent to an activating group) is 1. The molecule has 0 aromatic carbocycles. The Balaban J connectivity index is 2.13. The summed E-state index contributed by atoms with van der Waals surface area (Å²) >= 11 is 11.8. The fourth-order valence-corrected chi connectivity index (χ4v) is 2.30. The summed E-state index contributed by atoms with van der Waals surface area (Å²) in [5.74, 6) is 0. The lowest BCUT2D eigenvalue weighted by Crippen LogP contribution is -2.44. The van der Waals surface area contributed by atoms with Crippen LogP contribution in [-0.2, 0) is 0 Å². The molecular formula is C11H15Cl2N3. The molecule has 1 aromatic heterocycles. The third-order valence-corrected chi connectivity index (χ3v) is 3.66. The van der Waals surface area contributed by atoms with Crippen molar-refractivity contribution < 1.29 is 0 Å². The van der Waals surface area contributed by atoms with Gasteiger partial charge in [-0.15, -0.1) is 0 Å². The second kappa shape index (κ2) is 5.21. The first kappa shape index (κ1) is 12.0. The summed E-state index contributed by atoms with van der Waals surface area (Å²) in [4.78, 5) is 6.37. The third-order valence-electron chi connectivity index (χ3n) is 2.98. The smallest absolute Gasteiger partial charge is 0.147 e. The number of rotatable bonds is 2. The number of nitrogens with one attached hydrogen (secondary N) is 1. The zero-order valence-electron chi connectivity index (χ0n) is 9.21. The van der Waals surface area contributed by atoms with E-state index in [9.17, 15) is 0 Å². The van der Waals surface area contributed by atoms with E-state index in [-0.39, 0.29) is 0 Å². The molecule has 0 spiro atoms. The molecule has 1 aromatic rings. The van der Waals surface area contributed by atoms with Crippen LogP contribution in [0, 0.1) is 0 Å². The lowest BCUT2D eigenvalue weighted by atomic mass is 10.1. The van der Waals surface area contributed by atoms with E-state index >= 15 is 0 Å². The zero-order chi connectivity index (χ0) is 11.5. The summed E-state index contributed by atoms with van der Waals surface area (Å²) in [7, 11) is 2.00. The van der Waals surface area contributed by atoms with Gasteiger partial charge in [-0.25, -0.2) is 4.98 Å². The maximum Gasteiger partial charge on any atom is 0.147 e. The highest BCUT2D eigenvalue weighted by atomic mass is 35.5. The summed E-state index contributed by atoms with van der Waals surface area (Å²) < 4.78 is 0. The van der Waals surface area contributed by atoms with Crippen LogP contribution in [0.5, 0.6) is 0 Å². The molecule has 1 N–H and O–H groups in total. The van der Waals surface area contributed by atoms with E-state index in [1.165, 1.54) is 12.8 Å². The topological polar surface area (TPSA) is 28.2 Å². The van der Waals surface area contributed by atoms with Crippen LogP contribution in [0.1, 0.15) is 12.8 Å². The average molecular weight is 260 g/mol. The Morgan fingerprint density at radius 1 is 1.50 bits per heavy atom. The van der Waals surface area contributed by atoms with Gasteiger partial charge in [-0.2, -0.15) is 0 Å². The molecule has 1 fully saturated rings. The van der Waals surface area contributed by atoms with Crippen LogP contribution in [-0.4, -0.2) is 31.2 Å². The molecule has 3 nitrogen and oxygen atoms in total. The van der Waals surface area contributed by atoms with Crippen molar-refractivity contribution in [3.05, 3.63) is 22.4 Å². The predicted octanol–water partition coefficient (Wildman–Crippen LogP) is 2.58. The SMILES string of the molecule is CN[C@H]1CCCN(c2cnc(Cl)c(Cl)c2)C1. The van der Waals surface area contributed by atoms with E-state index in [2.05, 4.69) is 15.2 Å². The fourth-order valence-electron chi connectivity index (χ4n) is 2.03. The molecule has 1 aliphatic rings. The normalized spacial score (nSPS) is 21.2. The van der Waals surface area contributed by atoms with Crippen molar-refractivity contribution in [2.75, 3.05) is 25.0 Å². The molecule has 16 heavy (non-hydrogen) atoms. The Kier molecular flexibility index (Phi) is 3.90. The second-order valence-electron chi connectivity index (χ2n) is 4.04. The molecular weight excluding hydrogens is 245 g/mol. The summed E-state index contributed by atoms with van der Waals surface area (Å²) in [6.07, 6.45) is 4.19. The first-order chi connectivity index (χ1) is 7.70. The van der Waals surface area contributed by atoms with Crippen molar-refractivity contribution in [1.82, 2.24) is 10.3 Å². The van der Waals surface area contributed by atoms with Gasteiger partial charge in [0, 0.05) is 19.1 Å². The molecule has 2 heterocycles. The quantitative estimate of drug-likeness (QED) is 0.828. The number of nitrogens with zero attached hydrogens (tertiary/aromatic N) is 2. The van der Waals surface area contributed by atoms with Gasteiger partial charge in [-0.3, -0.25) is 0 Å². The summed E-state index contributed by atoms with van der Waals surface area (Å²) in [6.45, 7) is 2.05. The van der Waals surface area contributed by atoms with Crippen LogP contribution < -0.4 is 10.2 Å². The van der Waals surface area contributed by atoms with Gasteiger partial charge in [0.2, 0.25) is 0 Å². The molecule has 0 aliphatic carbocycles. The van der Waals surface area contributed by atoms with Crippen LogP contribution >= 0.6 is 23.2 Å². The minimum atomic E-state index is 0.368. The van der Waals surface area contributed by atoms with Crippen LogP contribution in [0.25, 0.3) is 0 Å². The predicted molar refractivity (Wildman–Crippen MR) is 68.6 cm³/mol. The minimum absolute atomic E-state index is 0.368. The van der Waals surface area contributed by atoms with Crippen LogP contribution in [0.3, 0.4) is 0 Å². The highest BCUT2D eigenvalue weighted by Crippen LogP contribution is 2.26. The number of piperidine rings is 1. The molecule has 0 unspecified atom stereocenters. The molecule has 0 saturated carbocycles. The van der Waals surface area contributed by atoms with Crippen LogP contribution in [0.2, 0.25) is 10.2 Å². The molecule has 1 atom stereocenters. The Bertz CT molecular complexity index is 370. The first-order valence-corrected chi connectivity index (χ1v) is 6.19. The summed E-state index contributed by atoms with van der Waals surface area (Å²) in [5, 5.41) is 4.20. The molecule has 5 heteroatoms. The highest BCUT2D eigenvalue weighted by Gasteiger charge is 2.19. The van der Waals surface area contributed by atoms with Crippen molar-refractivity contribution in [1.29, 1.82) is 0 Å². The zero-order valence-corrected chi connectivity index (χ0v) is 10.7. The number of anilines is 1. The van der Waals surface area contributed by atoms with Crippen molar-refractivity contribution in [3.63, 3.8) is 0 Å². The molecule has 0 radical (unpaired) electrons. The maximum absolute atomic E-state index is 5.97. The van der Waals surface area contributed by atoms with E-state index in [1.807, 2.05) is 13.1 Å². The van der Waals surface area contributed by atoms with Gasteiger partial charge < -0.3 is 10.2 Å².